The first-order chi connectivity index (χ1) is 9.23. The summed E-state index contributed by atoms with van der Waals surface area (Å²) >= 11 is 3.32. The van der Waals surface area contributed by atoms with E-state index in [0.717, 1.165) is 4.47 Å². The van der Waals surface area contributed by atoms with Gasteiger partial charge >= 0.3 is 12.1 Å². The maximum Gasteiger partial charge on any atom is 0.415 e. The summed E-state index contributed by atoms with van der Waals surface area (Å²) in [5.41, 5.74) is -0.0753. The molecule has 1 aromatic carbocycles. The maximum absolute atomic E-state index is 12.2. The molecule has 0 atom stereocenters. The molecule has 1 amide bonds. The van der Waals surface area contributed by atoms with Gasteiger partial charge in [0.25, 0.3) is 0 Å². The molecule has 0 fully saturated rings. The van der Waals surface area contributed by atoms with E-state index in [-0.39, 0.29) is 6.54 Å². The van der Waals surface area contributed by atoms with Crippen LogP contribution < -0.4 is 4.90 Å². The molecule has 0 unspecified atom stereocenters. The van der Waals surface area contributed by atoms with Gasteiger partial charge < -0.3 is 9.47 Å². The number of halogens is 1. The molecule has 20 heavy (non-hydrogen) atoms. The number of amides is 1. The highest BCUT2D eigenvalue weighted by Crippen LogP contribution is 2.21. The second-order valence-corrected chi connectivity index (χ2v) is 6.03. The van der Waals surface area contributed by atoms with Crippen molar-refractivity contribution in [1.82, 2.24) is 0 Å². The third-order valence-electron chi connectivity index (χ3n) is 2.27. The van der Waals surface area contributed by atoms with E-state index in [2.05, 4.69) is 20.7 Å². The standard InChI is InChI=1S/C14H18BrNO4/c1-14(2,3)20-13(18)16(9-12(17)19-4)11-7-5-10(15)6-8-11/h5-8H,9H2,1-4H3. The fraction of sp³-hybridized carbons (Fsp3) is 0.429. The SMILES string of the molecule is COC(=O)CN(C(=O)OC(C)(C)C)c1ccc(Br)cc1. The molecule has 0 bridgehead atoms. The molecule has 6 heteroatoms. The average molecular weight is 344 g/mol. The molecule has 0 saturated heterocycles. The molecule has 0 aromatic heterocycles. The van der Waals surface area contributed by atoms with E-state index in [1.807, 2.05) is 0 Å². The summed E-state index contributed by atoms with van der Waals surface area (Å²) in [6.45, 7) is 5.10. The summed E-state index contributed by atoms with van der Waals surface area (Å²) in [7, 11) is 1.27. The Balaban J connectivity index is 2.98. The van der Waals surface area contributed by atoms with Gasteiger partial charge in [-0.05, 0) is 45.0 Å². The number of nitrogens with zero attached hydrogens (tertiary/aromatic N) is 1. The van der Waals surface area contributed by atoms with Gasteiger partial charge in [-0.2, -0.15) is 0 Å². The highest BCUT2D eigenvalue weighted by Gasteiger charge is 2.25. The first kappa shape index (κ1) is 16.5. The minimum absolute atomic E-state index is 0.201. The van der Waals surface area contributed by atoms with Crippen molar-refractivity contribution in [2.24, 2.45) is 0 Å². The fourth-order valence-electron chi connectivity index (χ4n) is 1.39. The molecule has 0 aliphatic heterocycles. The number of rotatable bonds is 3. The van der Waals surface area contributed by atoms with Gasteiger partial charge in [-0.3, -0.25) is 9.69 Å². The first-order valence-electron chi connectivity index (χ1n) is 6.06. The molecule has 5 nitrogen and oxygen atoms in total. The minimum Gasteiger partial charge on any atom is -0.468 e. The van der Waals surface area contributed by atoms with E-state index in [1.54, 1.807) is 45.0 Å². The lowest BCUT2D eigenvalue weighted by molar-refractivity contribution is -0.139. The van der Waals surface area contributed by atoms with Crippen LogP contribution in [0, 0.1) is 0 Å². The van der Waals surface area contributed by atoms with E-state index in [9.17, 15) is 9.59 Å². The second-order valence-electron chi connectivity index (χ2n) is 5.12. The molecule has 0 radical (unpaired) electrons. The van der Waals surface area contributed by atoms with E-state index >= 15 is 0 Å². The number of methoxy groups -OCH3 is 1. The highest BCUT2D eigenvalue weighted by molar-refractivity contribution is 9.10. The van der Waals surface area contributed by atoms with Crippen LogP contribution in [0.15, 0.2) is 28.7 Å². The van der Waals surface area contributed by atoms with Crippen LogP contribution >= 0.6 is 15.9 Å². The third-order valence-corrected chi connectivity index (χ3v) is 2.80. The van der Waals surface area contributed by atoms with Crippen LogP contribution in [0.1, 0.15) is 20.8 Å². The molecule has 0 spiro atoms. The maximum atomic E-state index is 12.2. The lowest BCUT2D eigenvalue weighted by Crippen LogP contribution is -2.40. The summed E-state index contributed by atoms with van der Waals surface area (Å²) < 4.78 is 10.8. The molecular formula is C14H18BrNO4. The summed E-state index contributed by atoms with van der Waals surface area (Å²) in [6.07, 6.45) is -0.592. The van der Waals surface area contributed by atoms with E-state index < -0.39 is 17.7 Å². The molecule has 1 aromatic rings. The molecule has 0 aliphatic carbocycles. The van der Waals surface area contributed by atoms with E-state index in [0.29, 0.717) is 5.69 Å². The van der Waals surface area contributed by atoms with Crippen molar-refractivity contribution in [3.8, 4) is 0 Å². The Morgan fingerprint density at radius 2 is 1.75 bits per heavy atom. The normalized spacial score (nSPS) is 10.8. The zero-order valence-corrected chi connectivity index (χ0v) is 13.6. The summed E-state index contributed by atoms with van der Waals surface area (Å²) in [4.78, 5) is 24.9. The molecule has 0 heterocycles. The van der Waals surface area contributed by atoms with Crippen LogP contribution in [0.2, 0.25) is 0 Å². The largest absolute Gasteiger partial charge is 0.468 e. The number of anilines is 1. The molecule has 0 N–H and O–H groups in total. The summed E-state index contributed by atoms with van der Waals surface area (Å²) in [6, 6.07) is 7.00. The smallest absolute Gasteiger partial charge is 0.415 e. The number of hydrogen-bond acceptors (Lipinski definition) is 4. The Hall–Kier alpha value is -1.56. The van der Waals surface area contributed by atoms with E-state index in [1.165, 1.54) is 12.0 Å². The lowest BCUT2D eigenvalue weighted by Gasteiger charge is -2.26. The quantitative estimate of drug-likeness (QED) is 0.789. The third kappa shape index (κ3) is 5.21. The van der Waals surface area contributed by atoms with Gasteiger partial charge in [-0.15, -0.1) is 0 Å². The number of ether oxygens (including phenoxy) is 2. The molecule has 110 valence electrons. The van der Waals surface area contributed by atoms with Crippen LogP contribution in [0.3, 0.4) is 0 Å². The van der Waals surface area contributed by atoms with Crippen molar-refractivity contribution in [2.75, 3.05) is 18.6 Å². The predicted octanol–water partition coefficient (Wildman–Crippen LogP) is 3.36. The zero-order valence-electron chi connectivity index (χ0n) is 12.0. The van der Waals surface area contributed by atoms with Gasteiger partial charge in [0, 0.05) is 10.2 Å². The van der Waals surface area contributed by atoms with Crippen molar-refractivity contribution in [1.29, 1.82) is 0 Å². The summed E-state index contributed by atoms with van der Waals surface area (Å²) in [5.74, 6) is -0.515. The van der Waals surface area contributed by atoms with Gasteiger partial charge in [0.05, 0.1) is 7.11 Å². The molecular weight excluding hydrogens is 326 g/mol. The lowest BCUT2D eigenvalue weighted by atomic mass is 10.2. The van der Waals surface area contributed by atoms with Crippen LogP contribution in [0.4, 0.5) is 10.5 Å². The summed E-state index contributed by atoms with van der Waals surface area (Å²) in [5, 5.41) is 0. The van der Waals surface area contributed by atoms with Crippen LogP contribution in [0.5, 0.6) is 0 Å². The molecule has 0 saturated carbocycles. The Labute approximate surface area is 127 Å². The van der Waals surface area contributed by atoms with Crippen molar-refractivity contribution in [3.05, 3.63) is 28.7 Å². The Kier molecular flexibility index (Phi) is 5.56. The Bertz CT molecular complexity index is 479. The van der Waals surface area contributed by atoms with Crippen molar-refractivity contribution >= 4 is 33.7 Å². The number of carbonyl (C=O) groups is 2. The highest BCUT2D eigenvalue weighted by atomic mass is 79.9. The van der Waals surface area contributed by atoms with Gasteiger partial charge in [-0.25, -0.2) is 4.79 Å². The predicted molar refractivity (Wildman–Crippen MR) is 79.7 cm³/mol. The van der Waals surface area contributed by atoms with Gasteiger partial charge in [-0.1, -0.05) is 15.9 Å². The first-order valence-corrected chi connectivity index (χ1v) is 6.85. The van der Waals surface area contributed by atoms with Crippen LogP contribution in [-0.4, -0.2) is 31.3 Å². The number of esters is 1. The number of hydrogen-bond donors (Lipinski definition) is 0. The average Bonchev–Trinajstić information content (AvgIpc) is 2.34. The van der Waals surface area contributed by atoms with Gasteiger partial charge in [0.1, 0.15) is 12.1 Å². The Morgan fingerprint density at radius 1 is 1.20 bits per heavy atom. The van der Waals surface area contributed by atoms with Crippen LogP contribution in [-0.2, 0) is 14.3 Å². The van der Waals surface area contributed by atoms with E-state index in [4.69, 9.17) is 4.74 Å². The Morgan fingerprint density at radius 3 is 2.20 bits per heavy atom. The van der Waals surface area contributed by atoms with Crippen LogP contribution in [0.25, 0.3) is 0 Å². The molecule has 1 rings (SSSR count). The second kappa shape index (κ2) is 6.74. The van der Waals surface area contributed by atoms with Crippen molar-refractivity contribution in [3.63, 3.8) is 0 Å². The number of carbonyl (C=O) groups excluding carboxylic acids is 2. The molecule has 0 aliphatic rings. The zero-order chi connectivity index (χ0) is 15.3. The minimum atomic E-state index is -0.638. The topological polar surface area (TPSA) is 55.8 Å². The number of benzene rings is 1. The van der Waals surface area contributed by atoms with Crippen molar-refractivity contribution in [2.45, 2.75) is 26.4 Å². The van der Waals surface area contributed by atoms with Gasteiger partial charge in [0.15, 0.2) is 0 Å². The van der Waals surface area contributed by atoms with Crippen molar-refractivity contribution < 1.29 is 19.1 Å². The monoisotopic (exact) mass is 343 g/mol. The fourth-order valence-corrected chi connectivity index (χ4v) is 1.66. The van der Waals surface area contributed by atoms with Gasteiger partial charge in [0.2, 0.25) is 0 Å².